The predicted octanol–water partition coefficient (Wildman–Crippen LogP) is 5.44. The lowest BCUT2D eigenvalue weighted by molar-refractivity contribution is -0.141. The van der Waals surface area contributed by atoms with Gasteiger partial charge >= 0.3 is 0 Å². The SMILES string of the molecule is CN(CCCC(=O)N(Cc1cccc(Cl)c1)C(Cc1ccccc1)C(=O)NC1CCCC1)S(=O)(=O)c1ccccc1. The van der Waals surface area contributed by atoms with Crippen molar-refractivity contribution in [2.45, 2.75) is 68.5 Å². The number of benzene rings is 3. The van der Waals surface area contributed by atoms with E-state index in [1.54, 1.807) is 47.4 Å². The van der Waals surface area contributed by atoms with Crippen LogP contribution in [0.1, 0.15) is 49.7 Å². The number of nitrogens with one attached hydrogen (secondary N) is 1. The maximum atomic E-state index is 13.9. The summed E-state index contributed by atoms with van der Waals surface area (Å²) < 4.78 is 27.2. The molecule has 1 aliphatic carbocycles. The van der Waals surface area contributed by atoms with E-state index < -0.39 is 16.1 Å². The molecule has 0 radical (unpaired) electrons. The van der Waals surface area contributed by atoms with E-state index >= 15 is 0 Å². The van der Waals surface area contributed by atoms with Crippen LogP contribution in [0.15, 0.2) is 89.8 Å². The van der Waals surface area contributed by atoms with E-state index in [4.69, 9.17) is 11.6 Å². The van der Waals surface area contributed by atoms with Gasteiger partial charge in [0.25, 0.3) is 0 Å². The summed E-state index contributed by atoms with van der Waals surface area (Å²) in [5, 5.41) is 3.75. The third-order valence-corrected chi connectivity index (χ3v) is 9.64. The number of sulfonamides is 1. The lowest BCUT2D eigenvalue weighted by Gasteiger charge is -2.32. The van der Waals surface area contributed by atoms with E-state index in [1.165, 1.54) is 11.4 Å². The van der Waals surface area contributed by atoms with Crippen molar-refractivity contribution in [1.82, 2.24) is 14.5 Å². The molecule has 3 aromatic rings. The van der Waals surface area contributed by atoms with Gasteiger partial charge in [0.1, 0.15) is 6.04 Å². The second-order valence-electron chi connectivity index (χ2n) is 10.6. The molecule has 3 aromatic carbocycles. The number of hydrogen-bond donors (Lipinski definition) is 1. The van der Waals surface area contributed by atoms with Crippen molar-refractivity contribution in [3.63, 3.8) is 0 Å². The largest absolute Gasteiger partial charge is 0.352 e. The van der Waals surface area contributed by atoms with Crippen molar-refractivity contribution in [2.75, 3.05) is 13.6 Å². The first-order chi connectivity index (χ1) is 19.7. The number of hydrogen-bond acceptors (Lipinski definition) is 4. The van der Waals surface area contributed by atoms with Crippen molar-refractivity contribution >= 4 is 33.4 Å². The van der Waals surface area contributed by atoms with Crippen LogP contribution in [0.5, 0.6) is 0 Å². The first kappa shape index (κ1) is 30.8. The van der Waals surface area contributed by atoms with E-state index in [0.29, 0.717) is 17.9 Å². The number of amides is 2. The second kappa shape index (κ2) is 14.6. The van der Waals surface area contributed by atoms with Gasteiger partial charge in [-0.15, -0.1) is 0 Å². The molecule has 2 amide bonds. The molecule has 1 aliphatic rings. The van der Waals surface area contributed by atoms with Gasteiger partial charge in [0.05, 0.1) is 4.90 Å². The third kappa shape index (κ3) is 8.64. The smallest absolute Gasteiger partial charge is 0.243 e. The Kier molecular flexibility index (Phi) is 11.0. The Hall–Kier alpha value is -3.20. The van der Waals surface area contributed by atoms with Gasteiger partial charge in [0, 0.05) is 44.0 Å². The number of nitrogens with zero attached hydrogens (tertiary/aromatic N) is 2. The molecule has 9 heteroatoms. The highest BCUT2D eigenvalue weighted by Crippen LogP contribution is 2.22. The Bertz CT molecular complexity index is 1400. The zero-order valence-electron chi connectivity index (χ0n) is 23.4. The standard InChI is InChI=1S/C32H38ClN3O4S/c1-35(41(39,40)29-18-6-3-7-19-29)21-11-20-31(37)36(24-26-14-10-15-27(33)22-26)30(23-25-12-4-2-5-13-25)32(38)34-28-16-8-9-17-28/h2-7,10,12-15,18-19,22,28,30H,8-9,11,16-17,20-21,23-24H2,1H3,(H,34,38). The minimum Gasteiger partial charge on any atom is -0.352 e. The maximum absolute atomic E-state index is 13.9. The Morgan fingerprint density at radius 2 is 1.56 bits per heavy atom. The molecule has 1 saturated carbocycles. The third-order valence-electron chi connectivity index (χ3n) is 7.53. The summed E-state index contributed by atoms with van der Waals surface area (Å²) in [5.74, 6) is -0.377. The zero-order valence-corrected chi connectivity index (χ0v) is 25.0. The summed E-state index contributed by atoms with van der Waals surface area (Å²) >= 11 is 6.26. The van der Waals surface area contributed by atoms with Crippen LogP contribution in [0, 0.1) is 0 Å². The summed E-state index contributed by atoms with van der Waals surface area (Å²) in [7, 11) is -2.15. The molecule has 7 nitrogen and oxygen atoms in total. The molecule has 0 bridgehead atoms. The molecule has 0 spiro atoms. The molecule has 0 aliphatic heterocycles. The molecule has 41 heavy (non-hydrogen) atoms. The zero-order chi connectivity index (χ0) is 29.2. The van der Waals surface area contributed by atoms with Crippen molar-refractivity contribution in [3.8, 4) is 0 Å². The first-order valence-electron chi connectivity index (χ1n) is 14.1. The molecule has 1 N–H and O–H groups in total. The fourth-order valence-electron chi connectivity index (χ4n) is 5.24. The van der Waals surface area contributed by atoms with Gasteiger partial charge in [0.2, 0.25) is 21.8 Å². The average Bonchev–Trinajstić information content (AvgIpc) is 3.48. The van der Waals surface area contributed by atoms with Crippen LogP contribution in [0.2, 0.25) is 5.02 Å². The Morgan fingerprint density at radius 1 is 0.927 bits per heavy atom. The van der Waals surface area contributed by atoms with Crippen molar-refractivity contribution < 1.29 is 18.0 Å². The van der Waals surface area contributed by atoms with Crippen LogP contribution in [-0.4, -0.2) is 55.1 Å². The summed E-state index contributed by atoms with van der Waals surface area (Å²) in [4.78, 5) is 29.5. The summed E-state index contributed by atoms with van der Waals surface area (Å²) in [5.41, 5.74) is 1.78. The molecule has 0 heterocycles. The molecular formula is C32H38ClN3O4S. The highest BCUT2D eigenvalue weighted by Gasteiger charge is 2.32. The number of halogens is 1. The molecule has 1 unspecified atom stereocenters. The molecule has 4 rings (SSSR count). The summed E-state index contributed by atoms with van der Waals surface area (Å²) in [6.45, 7) is 0.388. The lowest BCUT2D eigenvalue weighted by atomic mass is 10.0. The van der Waals surface area contributed by atoms with Crippen molar-refractivity contribution in [1.29, 1.82) is 0 Å². The van der Waals surface area contributed by atoms with E-state index in [0.717, 1.165) is 36.8 Å². The first-order valence-corrected chi connectivity index (χ1v) is 16.0. The molecular weight excluding hydrogens is 558 g/mol. The highest BCUT2D eigenvalue weighted by molar-refractivity contribution is 7.89. The normalized spacial score (nSPS) is 14.6. The summed E-state index contributed by atoms with van der Waals surface area (Å²) in [6.07, 6.45) is 4.82. The van der Waals surface area contributed by atoms with Crippen LogP contribution in [0.4, 0.5) is 0 Å². The minimum atomic E-state index is -3.66. The Labute approximate surface area is 248 Å². The topological polar surface area (TPSA) is 86.8 Å². The molecule has 0 saturated heterocycles. The number of rotatable bonds is 13. The Balaban J connectivity index is 1.54. The van der Waals surface area contributed by atoms with Crippen LogP contribution in [-0.2, 0) is 32.6 Å². The minimum absolute atomic E-state index is 0.0945. The van der Waals surface area contributed by atoms with E-state index in [2.05, 4.69) is 5.32 Å². The Morgan fingerprint density at radius 3 is 2.22 bits per heavy atom. The fraction of sp³-hybridized carbons (Fsp3) is 0.375. The van der Waals surface area contributed by atoms with Crippen LogP contribution >= 0.6 is 11.6 Å². The van der Waals surface area contributed by atoms with Crippen LogP contribution < -0.4 is 5.32 Å². The van der Waals surface area contributed by atoms with Crippen LogP contribution in [0.3, 0.4) is 0 Å². The average molecular weight is 596 g/mol. The quantitative estimate of drug-likeness (QED) is 0.285. The second-order valence-corrected chi connectivity index (χ2v) is 13.1. The maximum Gasteiger partial charge on any atom is 0.243 e. The van der Waals surface area contributed by atoms with Gasteiger partial charge in [-0.3, -0.25) is 9.59 Å². The predicted molar refractivity (Wildman–Crippen MR) is 162 cm³/mol. The highest BCUT2D eigenvalue weighted by atomic mass is 35.5. The summed E-state index contributed by atoms with van der Waals surface area (Å²) in [6, 6.07) is 24.6. The fourth-order valence-corrected chi connectivity index (χ4v) is 6.69. The van der Waals surface area contributed by atoms with Gasteiger partial charge in [-0.25, -0.2) is 12.7 Å². The molecule has 218 valence electrons. The van der Waals surface area contributed by atoms with Gasteiger partial charge in [-0.2, -0.15) is 0 Å². The van der Waals surface area contributed by atoms with Gasteiger partial charge in [0.15, 0.2) is 0 Å². The van der Waals surface area contributed by atoms with E-state index in [-0.39, 0.29) is 42.3 Å². The monoisotopic (exact) mass is 595 g/mol. The van der Waals surface area contributed by atoms with E-state index in [1.807, 2.05) is 42.5 Å². The van der Waals surface area contributed by atoms with Gasteiger partial charge in [-0.1, -0.05) is 85.1 Å². The van der Waals surface area contributed by atoms with Crippen LogP contribution in [0.25, 0.3) is 0 Å². The molecule has 0 aromatic heterocycles. The van der Waals surface area contributed by atoms with Gasteiger partial charge < -0.3 is 10.2 Å². The molecule has 1 atom stereocenters. The number of carbonyl (C=O) groups excluding carboxylic acids is 2. The molecule has 1 fully saturated rings. The van der Waals surface area contributed by atoms with Crippen molar-refractivity contribution in [3.05, 3.63) is 101 Å². The van der Waals surface area contributed by atoms with Crippen molar-refractivity contribution in [2.24, 2.45) is 0 Å². The van der Waals surface area contributed by atoms with Gasteiger partial charge in [-0.05, 0) is 54.7 Å². The number of carbonyl (C=O) groups is 2. The lowest BCUT2D eigenvalue weighted by Crippen LogP contribution is -2.52. The van der Waals surface area contributed by atoms with E-state index in [9.17, 15) is 18.0 Å².